The molecule has 8 heteroatoms. The highest BCUT2D eigenvalue weighted by atomic mass is 32.2. The van der Waals surface area contributed by atoms with Crippen LogP contribution in [0.3, 0.4) is 0 Å². The molecular formula is C22H20FN3O2S2. The predicted octanol–water partition coefficient (Wildman–Crippen LogP) is 5.62. The molecule has 0 unspecified atom stereocenters. The molecule has 0 aliphatic heterocycles. The Morgan fingerprint density at radius 2 is 1.93 bits per heavy atom. The number of halogens is 1. The van der Waals surface area contributed by atoms with Crippen molar-refractivity contribution in [2.24, 2.45) is 0 Å². The van der Waals surface area contributed by atoms with Crippen LogP contribution in [0.4, 0.5) is 4.39 Å². The first kappa shape index (κ1) is 20.4. The van der Waals surface area contributed by atoms with Gasteiger partial charge in [-0.3, -0.25) is 4.57 Å². The molecule has 0 fully saturated rings. The number of benzene rings is 2. The molecule has 0 N–H and O–H groups in total. The molecule has 0 radical (unpaired) electrons. The van der Waals surface area contributed by atoms with Crippen molar-refractivity contribution in [1.29, 1.82) is 0 Å². The van der Waals surface area contributed by atoms with Gasteiger partial charge >= 0.3 is 0 Å². The maximum atomic E-state index is 13.7. The molecule has 0 aliphatic carbocycles. The van der Waals surface area contributed by atoms with Gasteiger partial charge in [-0.2, -0.15) is 0 Å². The minimum absolute atomic E-state index is 0.249. The standard InChI is InChI=1S/C22H20FN3O2S2/c1-15-9-10-19(27-2)17(14-15)26-21(20-8-5-12-29-20)24-25-22(26)30-13-11-28-18-7-4-3-6-16(18)23/h3-10,12,14H,11,13H2,1-2H3. The second-order valence-corrected chi connectivity index (χ2v) is 8.43. The molecule has 4 rings (SSSR count). The number of ether oxygens (including phenoxy) is 2. The molecule has 0 bridgehead atoms. The Morgan fingerprint density at radius 1 is 1.07 bits per heavy atom. The second kappa shape index (κ2) is 9.32. The highest BCUT2D eigenvalue weighted by Gasteiger charge is 2.20. The molecule has 0 saturated heterocycles. The van der Waals surface area contributed by atoms with Gasteiger partial charge in [-0.25, -0.2) is 4.39 Å². The maximum Gasteiger partial charge on any atom is 0.196 e. The number of thioether (sulfide) groups is 1. The zero-order valence-corrected chi connectivity index (χ0v) is 18.2. The van der Waals surface area contributed by atoms with Crippen molar-refractivity contribution in [1.82, 2.24) is 14.8 Å². The van der Waals surface area contributed by atoms with Crippen LogP contribution in [0.2, 0.25) is 0 Å². The second-order valence-electron chi connectivity index (χ2n) is 6.42. The quantitative estimate of drug-likeness (QED) is 0.262. The number of methoxy groups -OCH3 is 1. The summed E-state index contributed by atoms with van der Waals surface area (Å²) in [6.07, 6.45) is 0. The van der Waals surface area contributed by atoms with Gasteiger partial charge in [-0.05, 0) is 48.2 Å². The summed E-state index contributed by atoms with van der Waals surface area (Å²) in [5.41, 5.74) is 1.99. The third kappa shape index (κ3) is 4.34. The van der Waals surface area contributed by atoms with Crippen LogP contribution in [0.1, 0.15) is 5.56 Å². The van der Waals surface area contributed by atoms with E-state index in [1.165, 1.54) is 17.8 Å². The lowest BCUT2D eigenvalue weighted by Gasteiger charge is -2.14. The molecule has 0 spiro atoms. The molecule has 154 valence electrons. The molecule has 0 amide bonds. The fraction of sp³-hybridized carbons (Fsp3) is 0.182. The van der Waals surface area contributed by atoms with E-state index in [9.17, 15) is 4.39 Å². The van der Waals surface area contributed by atoms with Crippen LogP contribution in [-0.2, 0) is 0 Å². The highest BCUT2D eigenvalue weighted by molar-refractivity contribution is 7.99. The van der Waals surface area contributed by atoms with Crippen molar-refractivity contribution < 1.29 is 13.9 Å². The van der Waals surface area contributed by atoms with Crippen LogP contribution in [0.5, 0.6) is 11.5 Å². The Balaban J connectivity index is 1.61. The van der Waals surface area contributed by atoms with Gasteiger partial charge in [-0.1, -0.05) is 36.0 Å². The first-order valence-corrected chi connectivity index (χ1v) is 11.2. The summed E-state index contributed by atoms with van der Waals surface area (Å²) in [5.74, 6) is 1.97. The minimum Gasteiger partial charge on any atom is -0.495 e. The number of hydrogen-bond acceptors (Lipinski definition) is 6. The maximum absolute atomic E-state index is 13.7. The van der Waals surface area contributed by atoms with Gasteiger partial charge in [0, 0.05) is 5.75 Å². The van der Waals surface area contributed by atoms with Gasteiger partial charge in [0.05, 0.1) is 24.3 Å². The van der Waals surface area contributed by atoms with Gasteiger partial charge < -0.3 is 9.47 Å². The van der Waals surface area contributed by atoms with E-state index in [2.05, 4.69) is 16.3 Å². The van der Waals surface area contributed by atoms with Crippen LogP contribution in [-0.4, -0.2) is 34.2 Å². The van der Waals surface area contributed by atoms with Crippen molar-refractivity contribution in [3.05, 3.63) is 71.4 Å². The molecular weight excluding hydrogens is 421 g/mol. The van der Waals surface area contributed by atoms with E-state index in [1.807, 2.05) is 41.1 Å². The molecule has 4 aromatic rings. The average molecular weight is 442 g/mol. The SMILES string of the molecule is COc1ccc(C)cc1-n1c(SCCOc2ccccc2F)nnc1-c1cccs1. The summed E-state index contributed by atoms with van der Waals surface area (Å²) in [4.78, 5) is 1.01. The lowest BCUT2D eigenvalue weighted by atomic mass is 10.2. The third-order valence-electron chi connectivity index (χ3n) is 4.36. The van der Waals surface area contributed by atoms with Gasteiger partial charge in [-0.15, -0.1) is 21.5 Å². The number of para-hydroxylation sites is 1. The number of aryl methyl sites for hydroxylation is 1. The Bertz CT molecular complexity index is 1130. The van der Waals surface area contributed by atoms with Gasteiger partial charge in [0.15, 0.2) is 22.5 Å². The van der Waals surface area contributed by atoms with Crippen molar-refractivity contribution in [2.45, 2.75) is 12.1 Å². The number of hydrogen-bond donors (Lipinski definition) is 0. The Labute approximate surface area is 182 Å². The zero-order chi connectivity index (χ0) is 20.9. The van der Waals surface area contributed by atoms with Crippen molar-refractivity contribution >= 4 is 23.1 Å². The first-order valence-electron chi connectivity index (χ1n) is 9.32. The first-order chi connectivity index (χ1) is 14.7. The molecule has 30 heavy (non-hydrogen) atoms. The zero-order valence-electron chi connectivity index (χ0n) is 16.5. The molecule has 0 saturated carbocycles. The fourth-order valence-electron chi connectivity index (χ4n) is 2.97. The van der Waals surface area contributed by atoms with Crippen LogP contribution in [0.15, 0.2) is 65.1 Å². The number of thiophene rings is 1. The minimum atomic E-state index is -0.366. The molecule has 2 aromatic heterocycles. The molecule has 2 aromatic carbocycles. The number of nitrogens with zero attached hydrogens (tertiary/aromatic N) is 3. The van der Waals surface area contributed by atoms with E-state index < -0.39 is 0 Å². The largest absolute Gasteiger partial charge is 0.495 e. The van der Waals surface area contributed by atoms with Gasteiger partial charge in [0.2, 0.25) is 0 Å². The predicted molar refractivity (Wildman–Crippen MR) is 119 cm³/mol. The highest BCUT2D eigenvalue weighted by Crippen LogP contribution is 2.34. The summed E-state index contributed by atoms with van der Waals surface area (Å²) >= 11 is 3.10. The van der Waals surface area contributed by atoms with E-state index in [0.29, 0.717) is 12.4 Å². The topological polar surface area (TPSA) is 49.2 Å². The van der Waals surface area contributed by atoms with E-state index >= 15 is 0 Å². The molecule has 5 nitrogen and oxygen atoms in total. The van der Waals surface area contributed by atoms with E-state index in [-0.39, 0.29) is 11.6 Å². The van der Waals surface area contributed by atoms with Crippen molar-refractivity contribution in [3.8, 4) is 27.9 Å². The van der Waals surface area contributed by atoms with Crippen LogP contribution < -0.4 is 9.47 Å². The lowest BCUT2D eigenvalue weighted by molar-refractivity contribution is 0.325. The number of rotatable bonds is 8. The summed E-state index contributed by atoms with van der Waals surface area (Å²) in [6, 6.07) is 16.4. The van der Waals surface area contributed by atoms with Crippen molar-refractivity contribution in [3.63, 3.8) is 0 Å². The van der Waals surface area contributed by atoms with Crippen LogP contribution in [0.25, 0.3) is 16.4 Å². The molecule has 2 heterocycles. The van der Waals surface area contributed by atoms with E-state index in [4.69, 9.17) is 9.47 Å². The van der Waals surface area contributed by atoms with Crippen LogP contribution >= 0.6 is 23.1 Å². The average Bonchev–Trinajstić information content (AvgIpc) is 3.42. The monoisotopic (exact) mass is 441 g/mol. The molecule has 0 atom stereocenters. The summed E-state index contributed by atoms with van der Waals surface area (Å²) < 4.78 is 26.9. The Morgan fingerprint density at radius 3 is 2.70 bits per heavy atom. The fourth-order valence-corrected chi connectivity index (χ4v) is 4.43. The van der Waals surface area contributed by atoms with Gasteiger partial charge in [0.25, 0.3) is 0 Å². The van der Waals surface area contributed by atoms with Crippen molar-refractivity contribution in [2.75, 3.05) is 19.5 Å². The normalized spacial score (nSPS) is 10.9. The summed E-state index contributed by atoms with van der Waals surface area (Å²) in [7, 11) is 1.65. The Kier molecular flexibility index (Phi) is 6.35. The van der Waals surface area contributed by atoms with Crippen LogP contribution in [0, 0.1) is 12.7 Å². The smallest absolute Gasteiger partial charge is 0.196 e. The summed E-state index contributed by atoms with van der Waals surface area (Å²) in [5, 5.41) is 11.6. The third-order valence-corrected chi connectivity index (χ3v) is 6.12. The van der Waals surface area contributed by atoms with Gasteiger partial charge in [0.1, 0.15) is 5.75 Å². The number of aromatic nitrogens is 3. The lowest BCUT2D eigenvalue weighted by Crippen LogP contribution is -2.05. The summed E-state index contributed by atoms with van der Waals surface area (Å²) in [6.45, 7) is 2.38. The Hall–Kier alpha value is -2.84. The van der Waals surface area contributed by atoms with E-state index in [0.717, 1.165) is 32.9 Å². The van der Waals surface area contributed by atoms with E-state index in [1.54, 1.807) is 36.6 Å². The molecule has 0 aliphatic rings.